The largest absolute Gasteiger partial charge is 0.321 e. The smallest absolute Gasteiger partial charge is 0.276 e. The maximum atomic E-state index is 12.2. The molecule has 116 valence electrons. The Kier molecular flexibility index (Phi) is 4.98. The average molecular weight is 320 g/mol. The predicted molar refractivity (Wildman–Crippen MR) is 87.5 cm³/mol. The van der Waals surface area contributed by atoms with E-state index in [4.69, 9.17) is 11.6 Å². The zero-order chi connectivity index (χ0) is 16.3. The Morgan fingerprint density at radius 3 is 2.68 bits per heavy atom. The maximum absolute atomic E-state index is 12.2. The van der Waals surface area contributed by atoms with Crippen molar-refractivity contribution < 1.29 is 4.79 Å². The van der Waals surface area contributed by atoms with E-state index >= 15 is 0 Å². The molecule has 0 spiro atoms. The molecule has 0 unspecified atom stereocenters. The third-order valence-electron chi connectivity index (χ3n) is 3.07. The molecule has 1 amide bonds. The van der Waals surface area contributed by atoms with Crippen LogP contribution in [0.25, 0.3) is 0 Å². The number of halogens is 1. The number of aryl methyl sites for hydroxylation is 1. The number of nitrogens with one attached hydrogen (secondary N) is 1. The van der Waals surface area contributed by atoms with Crippen molar-refractivity contribution in [1.82, 2.24) is 9.78 Å². The second kappa shape index (κ2) is 6.75. The molecule has 2 aromatic rings. The van der Waals surface area contributed by atoms with Gasteiger partial charge in [-0.05, 0) is 36.6 Å². The maximum Gasteiger partial charge on any atom is 0.276 e. The Morgan fingerprint density at radius 2 is 2.05 bits per heavy atom. The molecule has 5 nitrogen and oxygen atoms in total. The van der Waals surface area contributed by atoms with Gasteiger partial charge in [-0.2, -0.15) is 5.10 Å². The number of amides is 1. The van der Waals surface area contributed by atoms with Crippen molar-refractivity contribution in [2.75, 3.05) is 5.32 Å². The molecule has 0 aliphatic heterocycles. The Balaban J connectivity index is 2.22. The van der Waals surface area contributed by atoms with Crippen molar-refractivity contribution in [2.24, 2.45) is 5.92 Å². The summed E-state index contributed by atoms with van der Waals surface area (Å²) in [7, 11) is 0. The summed E-state index contributed by atoms with van der Waals surface area (Å²) in [5, 5.41) is 7.41. The van der Waals surface area contributed by atoms with E-state index in [1.165, 1.54) is 16.8 Å². The quantitative estimate of drug-likeness (QED) is 0.941. The third kappa shape index (κ3) is 3.95. The van der Waals surface area contributed by atoms with E-state index in [0.717, 1.165) is 5.56 Å². The molecular formula is C16H18ClN3O2. The average Bonchev–Trinajstić information content (AvgIpc) is 2.44. The summed E-state index contributed by atoms with van der Waals surface area (Å²) in [6, 6.07) is 8.05. The molecule has 6 heteroatoms. The monoisotopic (exact) mass is 319 g/mol. The van der Waals surface area contributed by atoms with Gasteiger partial charge in [0, 0.05) is 23.3 Å². The molecule has 0 atom stereocenters. The minimum Gasteiger partial charge on any atom is -0.321 e. The highest BCUT2D eigenvalue weighted by atomic mass is 35.5. The molecule has 0 aliphatic rings. The molecule has 0 saturated heterocycles. The fraction of sp³-hybridized carbons (Fsp3) is 0.312. The van der Waals surface area contributed by atoms with Crippen LogP contribution in [0.1, 0.15) is 29.9 Å². The lowest BCUT2D eigenvalue weighted by Gasteiger charge is -2.10. The van der Waals surface area contributed by atoms with Crippen LogP contribution < -0.4 is 10.9 Å². The van der Waals surface area contributed by atoms with Gasteiger partial charge in [-0.25, -0.2) is 4.68 Å². The van der Waals surface area contributed by atoms with Gasteiger partial charge in [0.25, 0.3) is 11.5 Å². The summed E-state index contributed by atoms with van der Waals surface area (Å²) in [6.45, 7) is 6.32. The van der Waals surface area contributed by atoms with E-state index in [1.54, 1.807) is 12.1 Å². The number of aromatic nitrogens is 2. The highest BCUT2D eigenvalue weighted by Gasteiger charge is 2.11. The SMILES string of the molecule is Cc1ccc(NC(=O)c2ccc(=O)n(CC(C)C)n2)cc1Cl. The van der Waals surface area contributed by atoms with E-state index in [2.05, 4.69) is 10.4 Å². The van der Waals surface area contributed by atoms with E-state index in [0.29, 0.717) is 17.3 Å². The Bertz CT molecular complexity index is 753. The minimum absolute atomic E-state index is 0.192. The van der Waals surface area contributed by atoms with Crippen molar-refractivity contribution in [2.45, 2.75) is 27.3 Å². The fourth-order valence-electron chi connectivity index (χ4n) is 1.91. The van der Waals surface area contributed by atoms with Crippen LogP contribution in [0.4, 0.5) is 5.69 Å². The topological polar surface area (TPSA) is 64.0 Å². The number of benzene rings is 1. The molecule has 22 heavy (non-hydrogen) atoms. The molecule has 0 saturated carbocycles. The highest BCUT2D eigenvalue weighted by molar-refractivity contribution is 6.31. The zero-order valence-electron chi connectivity index (χ0n) is 12.8. The summed E-state index contributed by atoms with van der Waals surface area (Å²) in [6.07, 6.45) is 0. The van der Waals surface area contributed by atoms with Crippen molar-refractivity contribution in [1.29, 1.82) is 0 Å². The lowest BCUT2D eigenvalue weighted by atomic mass is 10.2. The molecule has 1 aromatic heterocycles. The van der Waals surface area contributed by atoms with Gasteiger partial charge in [-0.1, -0.05) is 31.5 Å². The second-order valence-electron chi connectivity index (χ2n) is 5.55. The molecule has 0 radical (unpaired) electrons. The summed E-state index contributed by atoms with van der Waals surface area (Å²) in [5.74, 6) is -0.114. The van der Waals surface area contributed by atoms with Crippen LogP contribution in [0.5, 0.6) is 0 Å². The van der Waals surface area contributed by atoms with Crippen molar-refractivity contribution >= 4 is 23.2 Å². The van der Waals surface area contributed by atoms with Gasteiger partial charge >= 0.3 is 0 Å². The molecule has 0 bridgehead atoms. The van der Waals surface area contributed by atoms with Gasteiger partial charge < -0.3 is 5.32 Å². The summed E-state index contributed by atoms with van der Waals surface area (Å²) >= 11 is 6.03. The number of carbonyl (C=O) groups excluding carboxylic acids is 1. The second-order valence-corrected chi connectivity index (χ2v) is 5.96. The first-order chi connectivity index (χ1) is 10.4. The van der Waals surface area contributed by atoms with Crippen molar-refractivity contribution in [3.8, 4) is 0 Å². The number of anilines is 1. The number of nitrogens with zero attached hydrogens (tertiary/aromatic N) is 2. The molecule has 2 rings (SSSR count). The standard InChI is InChI=1S/C16H18ClN3O2/c1-10(2)9-20-15(21)7-6-14(19-20)16(22)18-12-5-4-11(3)13(17)8-12/h4-8,10H,9H2,1-3H3,(H,18,22). The molecular weight excluding hydrogens is 302 g/mol. The first-order valence-electron chi connectivity index (χ1n) is 7.02. The zero-order valence-corrected chi connectivity index (χ0v) is 13.5. The van der Waals surface area contributed by atoms with Crippen LogP contribution in [-0.4, -0.2) is 15.7 Å². The summed E-state index contributed by atoms with van der Waals surface area (Å²) in [4.78, 5) is 23.9. The van der Waals surface area contributed by atoms with E-state index in [-0.39, 0.29) is 23.1 Å². The van der Waals surface area contributed by atoms with Gasteiger partial charge in [0.2, 0.25) is 0 Å². The minimum atomic E-state index is -0.377. The summed E-state index contributed by atoms with van der Waals surface area (Å²) < 4.78 is 1.31. The number of rotatable bonds is 4. The Hall–Kier alpha value is -2.14. The highest BCUT2D eigenvalue weighted by Crippen LogP contribution is 2.20. The van der Waals surface area contributed by atoms with Gasteiger partial charge in [-0.3, -0.25) is 9.59 Å². The fourth-order valence-corrected chi connectivity index (χ4v) is 2.09. The first kappa shape index (κ1) is 16.2. The molecule has 1 aromatic carbocycles. The van der Waals surface area contributed by atoms with E-state index < -0.39 is 0 Å². The van der Waals surface area contributed by atoms with Crippen LogP contribution in [0.2, 0.25) is 5.02 Å². The Labute approximate surface area is 133 Å². The summed E-state index contributed by atoms with van der Waals surface area (Å²) in [5.41, 5.74) is 1.49. The van der Waals surface area contributed by atoms with E-state index in [9.17, 15) is 9.59 Å². The van der Waals surface area contributed by atoms with Crippen molar-refractivity contribution in [3.63, 3.8) is 0 Å². The van der Waals surface area contributed by atoms with Crippen LogP contribution in [0.3, 0.4) is 0 Å². The Morgan fingerprint density at radius 1 is 1.32 bits per heavy atom. The first-order valence-corrected chi connectivity index (χ1v) is 7.40. The normalized spacial score (nSPS) is 10.8. The molecule has 0 fully saturated rings. The molecule has 1 heterocycles. The number of carbonyl (C=O) groups is 1. The molecule has 0 aliphatic carbocycles. The number of hydrogen-bond acceptors (Lipinski definition) is 3. The number of hydrogen-bond donors (Lipinski definition) is 1. The van der Waals surface area contributed by atoms with Crippen LogP contribution >= 0.6 is 11.6 Å². The van der Waals surface area contributed by atoms with E-state index in [1.807, 2.05) is 26.8 Å². The third-order valence-corrected chi connectivity index (χ3v) is 3.47. The van der Waals surface area contributed by atoms with Crippen molar-refractivity contribution in [3.05, 3.63) is 57.0 Å². The van der Waals surface area contributed by atoms with Gasteiger partial charge in [0.15, 0.2) is 0 Å². The van der Waals surface area contributed by atoms with Gasteiger partial charge in [0.1, 0.15) is 5.69 Å². The lowest BCUT2D eigenvalue weighted by Crippen LogP contribution is -2.27. The van der Waals surface area contributed by atoms with Crippen LogP contribution in [-0.2, 0) is 6.54 Å². The lowest BCUT2D eigenvalue weighted by molar-refractivity contribution is 0.101. The van der Waals surface area contributed by atoms with Crippen LogP contribution in [0.15, 0.2) is 35.1 Å². The van der Waals surface area contributed by atoms with Gasteiger partial charge in [-0.15, -0.1) is 0 Å². The predicted octanol–water partition coefficient (Wildman–Crippen LogP) is 3.11. The van der Waals surface area contributed by atoms with Crippen LogP contribution in [0, 0.1) is 12.8 Å². The molecule has 1 N–H and O–H groups in total. The van der Waals surface area contributed by atoms with Gasteiger partial charge in [0.05, 0.1) is 0 Å².